The maximum Gasteiger partial charge on any atom is 0.00834 e. The molecule has 2 rings (SSSR count). The molecular weight excluding hydrogens is 230 g/mol. The first-order chi connectivity index (χ1) is 8.93. The number of hydrogen-bond acceptors (Lipinski definition) is 1. The summed E-state index contributed by atoms with van der Waals surface area (Å²) in [6.07, 6.45) is 2.68. The maximum atomic E-state index is 3.67. The van der Waals surface area contributed by atoms with Gasteiger partial charge in [-0.05, 0) is 37.2 Å². The van der Waals surface area contributed by atoms with Crippen molar-refractivity contribution in [3.05, 3.63) is 35.4 Å². The third-order valence-corrected chi connectivity index (χ3v) is 4.73. The van der Waals surface area contributed by atoms with E-state index in [1.807, 2.05) is 0 Å². The molecule has 1 aliphatic carbocycles. The molecule has 0 atom stereocenters. The second kappa shape index (κ2) is 5.66. The van der Waals surface area contributed by atoms with Crippen LogP contribution >= 0.6 is 0 Å². The van der Waals surface area contributed by atoms with Gasteiger partial charge in [-0.25, -0.2) is 0 Å². The Hall–Kier alpha value is -0.820. The minimum atomic E-state index is 0.380. The zero-order valence-electron chi connectivity index (χ0n) is 13.2. The Morgan fingerprint density at radius 3 is 2.42 bits per heavy atom. The Balaban J connectivity index is 2.16. The molecule has 0 unspecified atom stereocenters. The van der Waals surface area contributed by atoms with E-state index in [-0.39, 0.29) is 0 Å². The molecule has 1 nitrogen and oxygen atoms in total. The van der Waals surface area contributed by atoms with Crippen LogP contribution in [0.25, 0.3) is 0 Å². The zero-order valence-corrected chi connectivity index (χ0v) is 13.2. The summed E-state index contributed by atoms with van der Waals surface area (Å²) in [4.78, 5) is 0. The summed E-state index contributed by atoms with van der Waals surface area (Å²) in [5, 5.41) is 3.67. The Bertz CT molecular complexity index is 408. The van der Waals surface area contributed by atoms with Crippen LogP contribution in [0.15, 0.2) is 24.3 Å². The van der Waals surface area contributed by atoms with E-state index >= 15 is 0 Å². The van der Waals surface area contributed by atoms with Gasteiger partial charge in [0.25, 0.3) is 0 Å². The van der Waals surface area contributed by atoms with Crippen LogP contribution in [0.5, 0.6) is 0 Å². The molecule has 106 valence electrons. The molecule has 1 heteroatoms. The van der Waals surface area contributed by atoms with Crippen molar-refractivity contribution in [3.63, 3.8) is 0 Å². The van der Waals surface area contributed by atoms with Crippen LogP contribution in [0.2, 0.25) is 0 Å². The van der Waals surface area contributed by atoms with E-state index in [2.05, 4.69) is 64.2 Å². The molecule has 1 aliphatic rings. The first kappa shape index (κ1) is 14.6. The van der Waals surface area contributed by atoms with Gasteiger partial charge in [0.05, 0.1) is 0 Å². The molecule has 0 aromatic heterocycles. The maximum absolute atomic E-state index is 3.67. The second-order valence-electron chi connectivity index (χ2n) is 7.10. The third kappa shape index (κ3) is 3.20. The molecule has 0 amide bonds. The van der Waals surface area contributed by atoms with Gasteiger partial charge in [-0.15, -0.1) is 0 Å². The molecule has 1 fully saturated rings. The molecule has 0 saturated heterocycles. The van der Waals surface area contributed by atoms with Crippen molar-refractivity contribution in [2.45, 2.75) is 58.9 Å². The van der Waals surface area contributed by atoms with E-state index in [0.717, 1.165) is 18.4 Å². The van der Waals surface area contributed by atoms with Gasteiger partial charge in [0.15, 0.2) is 0 Å². The highest BCUT2D eigenvalue weighted by Gasteiger charge is 2.46. The smallest absolute Gasteiger partial charge is 0.00834 e. The van der Waals surface area contributed by atoms with Crippen molar-refractivity contribution in [1.82, 2.24) is 5.32 Å². The van der Waals surface area contributed by atoms with Crippen LogP contribution in [0.1, 0.15) is 51.7 Å². The van der Waals surface area contributed by atoms with Crippen LogP contribution in [0, 0.1) is 18.8 Å². The highest BCUT2D eigenvalue weighted by Crippen LogP contribution is 2.50. The Morgan fingerprint density at radius 1 is 1.21 bits per heavy atom. The van der Waals surface area contributed by atoms with Gasteiger partial charge in [-0.3, -0.25) is 0 Å². The van der Waals surface area contributed by atoms with E-state index in [1.54, 1.807) is 0 Å². The Kier molecular flexibility index (Phi) is 4.35. The van der Waals surface area contributed by atoms with Gasteiger partial charge in [0, 0.05) is 18.0 Å². The van der Waals surface area contributed by atoms with Gasteiger partial charge in [-0.1, -0.05) is 57.5 Å². The molecule has 1 N–H and O–H groups in total. The number of benzene rings is 1. The molecule has 0 spiro atoms. The first-order valence-electron chi connectivity index (χ1n) is 7.73. The standard InChI is InChI=1S/C18H29N/c1-13(2)16-10-18(11-16,12-19-14(3)4)17-8-6-7-15(5)9-17/h6-9,13-14,16,19H,10-12H2,1-5H3. The fourth-order valence-electron chi connectivity index (χ4n) is 3.27. The topological polar surface area (TPSA) is 12.0 Å². The van der Waals surface area contributed by atoms with Crippen LogP contribution in [0.3, 0.4) is 0 Å². The van der Waals surface area contributed by atoms with Crippen molar-refractivity contribution < 1.29 is 0 Å². The van der Waals surface area contributed by atoms with Crippen molar-refractivity contribution in [1.29, 1.82) is 0 Å². The van der Waals surface area contributed by atoms with E-state index < -0.39 is 0 Å². The van der Waals surface area contributed by atoms with Crippen LogP contribution in [-0.2, 0) is 5.41 Å². The highest BCUT2D eigenvalue weighted by molar-refractivity contribution is 5.33. The summed E-state index contributed by atoms with van der Waals surface area (Å²) in [7, 11) is 0. The van der Waals surface area contributed by atoms with Gasteiger partial charge < -0.3 is 5.32 Å². The molecule has 1 aromatic rings. The predicted molar refractivity (Wildman–Crippen MR) is 83.6 cm³/mol. The molecule has 1 aromatic carbocycles. The highest BCUT2D eigenvalue weighted by atomic mass is 14.9. The number of nitrogens with one attached hydrogen (secondary N) is 1. The molecule has 19 heavy (non-hydrogen) atoms. The Morgan fingerprint density at radius 2 is 1.89 bits per heavy atom. The Labute approximate surface area is 118 Å². The van der Waals surface area contributed by atoms with E-state index in [1.165, 1.54) is 24.0 Å². The SMILES string of the molecule is Cc1cccc(C2(CNC(C)C)CC(C(C)C)C2)c1. The normalized spacial score (nSPS) is 26.8. The first-order valence-corrected chi connectivity index (χ1v) is 7.73. The van der Waals surface area contributed by atoms with Crippen LogP contribution < -0.4 is 5.32 Å². The van der Waals surface area contributed by atoms with Crippen LogP contribution in [-0.4, -0.2) is 12.6 Å². The lowest BCUT2D eigenvalue weighted by molar-refractivity contribution is 0.0958. The second-order valence-corrected chi connectivity index (χ2v) is 7.10. The van der Waals surface area contributed by atoms with Crippen LogP contribution in [0.4, 0.5) is 0 Å². The fourth-order valence-corrected chi connectivity index (χ4v) is 3.27. The number of hydrogen-bond donors (Lipinski definition) is 1. The van der Waals surface area contributed by atoms with Gasteiger partial charge in [0.2, 0.25) is 0 Å². The molecule has 0 bridgehead atoms. The molecule has 0 aliphatic heterocycles. The van der Waals surface area contributed by atoms with Crippen molar-refractivity contribution >= 4 is 0 Å². The number of rotatable bonds is 5. The molecule has 0 heterocycles. The van der Waals surface area contributed by atoms with Gasteiger partial charge >= 0.3 is 0 Å². The summed E-state index contributed by atoms with van der Waals surface area (Å²) in [6, 6.07) is 9.69. The third-order valence-electron chi connectivity index (χ3n) is 4.73. The minimum absolute atomic E-state index is 0.380. The summed E-state index contributed by atoms with van der Waals surface area (Å²) in [6.45, 7) is 12.5. The predicted octanol–water partition coefficient (Wildman–Crippen LogP) is 4.30. The molecular formula is C18H29N. The lowest BCUT2D eigenvalue weighted by Crippen LogP contribution is -2.51. The summed E-state index contributed by atoms with van der Waals surface area (Å²) < 4.78 is 0. The van der Waals surface area contributed by atoms with Crippen molar-refractivity contribution in [2.75, 3.05) is 6.54 Å². The summed E-state index contributed by atoms with van der Waals surface area (Å²) in [5.74, 6) is 1.71. The average molecular weight is 259 g/mol. The quantitative estimate of drug-likeness (QED) is 0.831. The van der Waals surface area contributed by atoms with Gasteiger partial charge in [0.1, 0.15) is 0 Å². The number of aryl methyl sites for hydroxylation is 1. The zero-order chi connectivity index (χ0) is 14.0. The van der Waals surface area contributed by atoms with Crippen molar-refractivity contribution in [3.8, 4) is 0 Å². The van der Waals surface area contributed by atoms with E-state index in [9.17, 15) is 0 Å². The summed E-state index contributed by atoms with van der Waals surface area (Å²) in [5.41, 5.74) is 3.30. The fraction of sp³-hybridized carbons (Fsp3) is 0.667. The lowest BCUT2D eigenvalue weighted by atomic mass is 9.55. The largest absolute Gasteiger partial charge is 0.314 e. The summed E-state index contributed by atoms with van der Waals surface area (Å²) >= 11 is 0. The molecule has 0 radical (unpaired) electrons. The van der Waals surface area contributed by atoms with E-state index in [4.69, 9.17) is 0 Å². The monoisotopic (exact) mass is 259 g/mol. The molecule has 1 saturated carbocycles. The minimum Gasteiger partial charge on any atom is -0.314 e. The average Bonchev–Trinajstić information content (AvgIpc) is 2.26. The lowest BCUT2D eigenvalue weighted by Gasteiger charge is -2.51. The van der Waals surface area contributed by atoms with Crippen molar-refractivity contribution in [2.24, 2.45) is 11.8 Å². The van der Waals surface area contributed by atoms with E-state index in [0.29, 0.717) is 11.5 Å². The van der Waals surface area contributed by atoms with Gasteiger partial charge in [-0.2, -0.15) is 0 Å².